The van der Waals surface area contributed by atoms with Crippen molar-refractivity contribution in [1.82, 2.24) is 0 Å². The summed E-state index contributed by atoms with van der Waals surface area (Å²) in [6.45, 7) is 2.46. The lowest BCUT2D eigenvalue weighted by Crippen LogP contribution is -2.06. The van der Waals surface area contributed by atoms with Gasteiger partial charge in [0.25, 0.3) is 0 Å². The molecule has 21 heavy (non-hydrogen) atoms. The van der Waals surface area contributed by atoms with Crippen LogP contribution in [-0.4, -0.2) is 0 Å². The van der Waals surface area contributed by atoms with Gasteiger partial charge in [-0.2, -0.15) is 13.2 Å². The average molecular weight is 379 g/mol. The van der Waals surface area contributed by atoms with Crippen LogP contribution in [0.3, 0.4) is 0 Å². The lowest BCUT2D eigenvalue weighted by molar-refractivity contribution is -0.137. The molecule has 0 aliphatic carbocycles. The van der Waals surface area contributed by atoms with Crippen molar-refractivity contribution >= 4 is 33.2 Å². The van der Waals surface area contributed by atoms with Crippen molar-refractivity contribution in [2.24, 2.45) is 0 Å². The molecule has 0 spiro atoms. The summed E-state index contributed by atoms with van der Waals surface area (Å²) in [5, 5.41) is 3.09. The number of benzene rings is 2. The number of rotatable bonds is 3. The molecule has 2 aromatic carbocycles. The molecule has 0 fully saturated rings. The summed E-state index contributed by atoms with van der Waals surface area (Å²) in [6, 6.07) is 9.15. The molecule has 0 aromatic heterocycles. The van der Waals surface area contributed by atoms with E-state index in [1.807, 2.05) is 25.1 Å². The lowest BCUT2D eigenvalue weighted by Gasteiger charge is -2.12. The van der Waals surface area contributed by atoms with Crippen molar-refractivity contribution in [3.63, 3.8) is 0 Å². The number of halogens is 5. The number of nitrogens with one attached hydrogen (secondary N) is 1. The van der Waals surface area contributed by atoms with E-state index < -0.39 is 11.7 Å². The van der Waals surface area contributed by atoms with Crippen molar-refractivity contribution in [2.75, 3.05) is 5.32 Å². The molecule has 0 atom stereocenters. The van der Waals surface area contributed by atoms with E-state index in [9.17, 15) is 13.2 Å². The fraction of sp³-hybridized carbons (Fsp3) is 0.200. The topological polar surface area (TPSA) is 12.0 Å². The Balaban J connectivity index is 2.11. The summed E-state index contributed by atoms with van der Waals surface area (Å²) < 4.78 is 38.7. The van der Waals surface area contributed by atoms with Gasteiger partial charge in [-0.15, -0.1) is 0 Å². The van der Waals surface area contributed by atoms with Gasteiger partial charge in [0.15, 0.2) is 0 Å². The maximum atomic E-state index is 12.5. The molecule has 0 saturated carbocycles. The molecule has 0 aliphatic rings. The molecule has 0 radical (unpaired) electrons. The van der Waals surface area contributed by atoms with Gasteiger partial charge in [-0.3, -0.25) is 0 Å². The van der Waals surface area contributed by atoms with E-state index >= 15 is 0 Å². The van der Waals surface area contributed by atoms with E-state index in [1.165, 1.54) is 6.07 Å². The van der Waals surface area contributed by atoms with Crippen LogP contribution in [0.2, 0.25) is 5.02 Å². The van der Waals surface area contributed by atoms with Crippen molar-refractivity contribution in [3.05, 3.63) is 62.6 Å². The van der Waals surface area contributed by atoms with Gasteiger partial charge < -0.3 is 5.32 Å². The Labute approximate surface area is 134 Å². The molecule has 2 aromatic rings. The largest absolute Gasteiger partial charge is 0.416 e. The molecule has 0 saturated heterocycles. The molecule has 2 rings (SSSR count). The smallest absolute Gasteiger partial charge is 0.380 e. The third-order valence-electron chi connectivity index (χ3n) is 3.00. The third-order valence-corrected chi connectivity index (χ3v) is 4.20. The molecule has 0 amide bonds. The molecule has 1 N–H and O–H groups in total. The predicted molar refractivity (Wildman–Crippen MR) is 82.7 cm³/mol. The summed E-state index contributed by atoms with van der Waals surface area (Å²) in [5.41, 5.74) is 1.84. The normalized spacial score (nSPS) is 11.5. The Hall–Kier alpha value is -1.20. The predicted octanol–water partition coefficient (Wildman–Crippen LogP) is 6.04. The zero-order chi connectivity index (χ0) is 15.6. The monoisotopic (exact) mass is 377 g/mol. The van der Waals surface area contributed by atoms with E-state index in [-0.39, 0.29) is 5.02 Å². The average Bonchev–Trinajstić information content (AvgIpc) is 2.40. The zero-order valence-corrected chi connectivity index (χ0v) is 13.4. The van der Waals surface area contributed by atoms with Gasteiger partial charge in [-0.1, -0.05) is 39.7 Å². The van der Waals surface area contributed by atoms with E-state index in [0.29, 0.717) is 12.2 Å². The fourth-order valence-electron chi connectivity index (χ4n) is 1.85. The molecule has 0 aliphatic heterocycles. The standard InChI is InChI=1S/C15H12BrClF3N/c1-9-6-10(2-4-12(9)16)8-21-14-5-3-11(7-13(14)17)15(18,19)20/h2-7,21H,8H2,1H3. The molecule has 112 valence electrons. The highest BCUT2D eigenvalue weighted by molar-refractivity contribution is 9.10. The molecule has 0 bridgehead atoms. The first kappa shape index (κ1) is 16.2. The number of hydrogen-bond donors (Lipinski definition) is 1. The summed E-state index contributed by atoms with van der Waals surface area (Å²) in [5.74, 6) is 0. The van der Waals surface area contributed by atoms with E-state index in [1.54, 1.807) is 0 Å². The van der Waals surface area contributed by atoms with E-state index in [4.69, 9.17) is 11.6 Å². The minimum absolute atomic E-state index is 0.0543. The number of hydrogen-bond acceptors (Lipinski definition) is 1. The molecule has 1 nitrogen and oxygen atoms in total. The van der Waals surface area contributed by atoms with Crippen LogP contribution < -0.4 is 5.32 Å². The second-order valence-corrected chi connectivity index (χ2v) is 5.89. The fourth-order valence-corrected chi connectivity index (χ4v) is 2.34. The van der Waals surface area contributed by atoms with E-state index in [2.05, 4.69) is 21.2 Å². The van der Waals surface area contributed by atoms with Gasteiger partial charge in [0.1, 0.15) is 0 Å². The third kappa shape index (κ3) is 4.14. The molecule has 0 unspecified atom stereocenters. The van der Waals surface area contributed by atoms with Crippen LogP contribution in [0.15, 0.2) is 40.9 Å². The van der Waals surface area contributed by atoms with Crippen molar-refractivity contribution in [1.29, 1.82) is 0 Å². The summed E-state index contributed by atoms with van der Waals surface area (Å²) in [7, 11) is 0. The molecule has 6 heteroatoms. The summed E-state index contributed by atoms with van der Waals surface area (Å²) >= 11 is 9.30. The maximum absolute atomic E-state index is 12.5. The zero-order valence-electron chi connectivity index (χ0n) is 11.1. The lowest BCUT2D eigenvalue weighted by atomic mass is 10.1. The first-order valence-electron chi connectivity index (χ1n) is 6.13. The Morgan fingerprint density at radius 1 is 1.14 bits per heavy atom. The number of alkyl halides is 3. The molecular weight excluding hydrogens is 367 g/mol. The van der Waals surface area contributed by atoms with Crippen LogP contribution in [0.1, 0.15) is 16.7 Å². The van der Waals surface area contributed by atoms with Crippen LogP contribution in [0.5, 0.6) is 0 Å². The van der Waals surface area contributed by atoms with Crippen LogP contribution in [0.25, 0.3) is 0 Å². The highest BCUT2D eigenvalue weighted by Gasteiger charge is 2.30. The van der Waals surface area contributed by atoms with E-state index in [0.717, 1.165) is 27.7 Å². The van der Waals surface area contributed by atoms with Gasteiger partial charge in [0.2, 0.25) is 0 Å². The van der Waals surface area contributed by atoms with Crippen LogP contribution in [-0.2, 0) is 12.7 Å². The molecule has 0 heterocycles. The minimum Gasteiger partial charge on any atom is -0.380 e. The van der Waals surface area contributed by atoms with Gasteiger partial charge in [-0.25, -0.2) is 0 Å². The minimum atomic E-state index is -4.38. The summed E-state index contributed by atoms with van der Waals surface area (Å²) in [6.07, 6.45) is -4.38. The number of aryl methyl sites for hydroxylation is 1. The second kappa shape index (κ2) is 6.28. The molecular formula is C15H12BrClF3N. The maximum Gasteiger partial charge on any atom is 0.416 e. The highest BCUT2D eigenvalue weighted by Crippen LogP contribution is 2.33. The summed E-state index contributed by atoms with van der Waals surface area (Å²) in [4.78, 5) is 0. The first-order valence-corrected chi connectivity index (χ1v) is 7.30. The Kier molecular flexibility index (Phi) is 4.84. The van der Waals surface area contributed by atoms with Crippen LogP contribution >= 0.6 is 27.5 Å². The highest BCUT2D eigenvalue weighted by atomic mass is 79.9. The first-order chi connectivity index (χ1) is 9.77. The van der Waals surface area contributed by atoms with Gasteiger partial charge in [0, 0.05) is 11.0 Å². The number of anilines is 1. The Bertz CT molecular complexity index is 656. The van der Waals surface area contributed by atoms with Crippen LogP contribution in [0.4, 0.5) is 18.9 Å². The van der Waals surface area contributed by atoms with Crippen molar-refractivity contribution in [2.45, 2.75) is 19.6 Å². The Morgan fingerprint density at radius 3 is 2.43 bits per heavy atom. The van der Waals surface area contributed by atoms with Crippen molar-refractivity contribution in [3.8, 4) is 0 Å². The van der Waals surface area contributed by atoms with Gasteiger partial charge in [0.05, 0.1) is 16.3 Å². The quantitative estimate of drug-likeness (QED) is 0.686. The van der Waals surface area contributed by atoms with Gasteiger partial charge >= 0.3 is 6.18 Å². The second-order valence-electron chi connectivity index (χ2n) is 4.63. The SMILES string of the molecule is Cc1cc(CNc2ccc(C(F)(F)F)cc2Cl)ccc1Br. The Morgan fingerprint density at radius 2 is 1.86 bits per heavy atom. The van der Waals surface area contributed by atoms with Gasteiger partial charge in [-0.05, 0) is 42.3 Å². The van der Waals surface area contributed by atoms with Crippen molar-refractivity contribution < 1.29 is 13.2 Å². The van der Waals surface area contributed by atoms with Crippen LogP contribution in [0, 0.1) is 6.92 Å².